The Hall–Kier alpha value is -1.10. The number of hydrogen-bond acceptors (Lipinski definition) is 5. The third kappa shape index (κ3) is 1.72. The lowest BCUT2D eigenvalue weighted by Gasteiger charge is -2.33. The smallest absolute Gasteiger partial charge is 0.324 e. The number of aryl methyl sites for hydroxylation is 1. The van der Waals surface area contributed by atoms with Crippen LogP contribution in [0.5, 0.6) is 0 Å². The Morgan fingerprint density at radius 2 is 2.36 bits per heavy atom. The Morgan fingerprint density at radius 1 is 1.57 bits per heavy atom. The zero-order chi connectivity index (χ0) is 10.1. The van der Waals surface area contributed by atoms with E-state index in [1.807, 2.05) is 6.92 Å². The van der Waals surface area contributed by atoms with Gasteiger partial charge in [0.2, 0.25) is 0 Å². The summed E-state index contributed by atoms with van der Waals surface area (Å²) in [6.45, 7) is 5.79. The average Bonchev–Trinajstić information content (AvgIpc) is 2.57. The summed E-state index contributed by atoms with van der Waals surface area (Å²) < 4.78 is 5.11. The first-order valence-corrected chi connectivity index (χ1v) is 4.97. The molecule has 0 bridgehead atoms. The molecule has 0 aromatic carbocycles. The second kappa shape index (κ2) is 3.57. The van der Waals surface area contributed by atoms with Crippen molar-refractivity contribution in [2.45, 2.75) is 26.3 Å². The van der Waals surface area contributed by atoms with E-state index in [1.165, 1.54) is 0 Å². The van der Waals surface area contributed by atoms with Crippen LogP contribution >= 0.6 is 0 Å². The van der Waals surface area contributed by atoms with E-state index in [2.05, 4.69) is 22.0 Å². The Labute approximate surface area is 83.3 Å². The summed E-state index contributed by atoms with van der Waals surface area (Å²) >= 11 is 0. The standard InChI is InChI=1S/C9H16N4O/c1-6-5-13(4-3-8(6)10)9-11-7(2)12-14-9/h6,8H,3-5,10H2,1-2H3. The zero-order valence-corrected chi connectivity index (χ0v) is 8.60. The molecule has 14 heavy (non-hydrogen) atoms. The first-order chi connectivity index (χ1) is 6.66. The first-order valence-electron chi connectivity index (χ1n) is 4.97. The van der Waals surface area contributed by atoms with Crippen LogP contribution in [0, 0.1) is 12.8 Å². The highest BCUT2D eigenvalue weighted by Gasteiger charge is 2.25. The molecule has 1 aliphatic rings. The molecule has 2 unspecified atom stereocenters. The predicted octanol–water partition coefficient (Wildman–Crippen LogP) is 0.552. The summed E-state index contributed by atoms with van der Waals surface area (Å²) in [7, 11) is 0. The van der Waals surface area contributed by atoms with E-state index in [1.54, 1.807) is 0 Å². The average molecular weight is 196 g/mol. The van der Waals surface area contributed by atoms with Crippen LogP contribution in [0.1, 0.15) is 19.2 Å². The van der Waals surface area contributed by atoms with Gasteiger partial charge in [-0.05, 0) is 19.3 Å². The normalized spacial score (nSPS) is 28.1. The molecule has 2 rings (SSSR count). The van der Waals surface area contributed by atoms with Crippen molar-refractivity contribution in [3.05, 3.63) is 5.82 Å². The van der Waals surface area contributed by atoms with Crippen molar-refractivity contribution in [3.8, 4) is 0 Å². The Kier molecular flexibility index (Phi) is 2.41. The molecule has 1 aromatic rings. The third-order valence-corrected chi connectivity index (χ3v) is 2.76. The molecule has 2 heterocycles. The fourth-order valence-electron chi connectivity index (χ4n) is 1.75. The van der Waals surface area contributed by atoms with E-state index >= 15 is 0 Å². The number of nitrogens with zero attached hydrogens (tertiary/aromatic N) is 3. The van der Waals surface area contributed by atoms with Crippen molar-refractivity contribution in [1.82, 2.24) is 10.1 Å². The molecule has 1 fully saturated rings. The quantitative estimate of drug-likeness (QED) is 0.710. The number of hydrogen-bond donors (Lipinski definition) is 1. The zero-order valence-electron chi connectivity index (χ0n) is 8.60. The highest BCUT2D eigenvalue weighted by molar-refractivity contribution is 5.26. The summed E-state index contributed by atoms with van der Waals surface area (Å²) in [5.41, 5.74) is 5.93. The Morgan fingerprint density at radius 3 is 2.93 bits per heavy atom. The SMILES string of the molecule is Cc1noc(N2CCC(N)C(C)C2)n1. The van der Waals surface area contributed by atoms with E-state index in [4.69, 9.17) is 10.3 Å². The molecule has 5 nitrogen and oxygen atoms in total. The van der Waals surface area contributed by atoms with E-state index in [0.717, 1.165) is 19.5 Å². The fourth-order valence-corrected chi connectivity index (χ4v) is 1.75. The minimum atomic E-state index is 0.301. The van der Waals surface area contributed by atoms with Gasteiger partial charge in [0, 0.05) is 19.1 Å². The molecular formula is C9H16N4O. The van der Waals surface area contributed by atoms with Gasteiger partial charge in [0.05, 0.1) is 0 Å². The molecule has 5 heteroatoms. The van der Waals surface area contributed by atoms with Crippen molar-refractivity contribution in [2.75, 3.05) is 18.0 Å². The second-order valence-electron chi connectivity index (χ2n) is 4.00. The molecule has 2 N–H and O–H groups in total. The summed E-state index contributed by atoms with van der Waals surface area (Å²) in [5, 5.41) is 3.78. The van der Waals surface area contributed by atoms with E-state index < -0.39 is 0 Å². The number of rotatable bonds is 1. The molecule has 0 amide bonds. The maximum atomic E-state index is 5.93. The minimum absolute atomic E-state index is 0.301. The summed E-state index contributed by atoms with van der Waals surface area (Å²) in [5.74, 6) is 1.17. The summed E-state index contributed by atoms with van der Waals surface area (Å²) in [4.78, 5) is 6.31. The summed E-state index contributed by atoms with van der Waals surface area (Å²) in [6, 6.07) is 0.927. The molecule has 0 radical (unpaired) electrons. The lowest BCUT2D eigenvalue weighted by molar-refractivity contribution is 0.346. The predicted molar refractivity (Wildman–Crippen MR) is 53.0 cm³/mol. The number of piperidine rings is 1. The van der Waals surface area contributed by atoms with Crippen molar-refractivity contribution >= 4 is 6.01 Å². The summed E-state index contributed by atoms with van der Waals surface area (Å²) in [6.07, 6.45) is 0.989. The number of nitrogens with two attached hydrogens (primary N) is 1. The van der Waals surface area contributed by atoms with Gasteiger partial charge < -0.3 is 15.2 Å². The topological polar surface area (TPSA) is 68.2 Å². The lowest BCUT2D eigenvalue weighted by Crippen LogP contribution is -2.46. The third-order valence-electron chi connectivity index (χ3n) is 2.76. The van der Waals surface area contributed by atoms with Gasteiger partial charge in [-0.1, -0.05) is 12.1 Å². The maximum absolute atomic E-state index is 5.93. The highest BCUT2D eigenvalue weighted by Crippen LogP contribution is 2.20. The van der Waals surface area contributed by atoms with Gasteiger partial charge >= 0.3 is 6.01 Å². The molecule has 78 valence electrons. The van der Waals surface area contributed by atoms with Crippen LogP contribution in [0.2, 0.25) is 0 Å². The second-order valence-corrected chi connectivity index (χ2v) is 4.00. The molecule has 0 spiro atoms. The van der Waals surface area contributed by atoms with Crippen LogP contribution in [0.15, 0.2) is 4.52 Å². The minimum Gasteiger partial charge on any atom is -0.327 e. The number of anilines is 1. The lowest BCUT2D eigenvalue weighted by atomic mass is 9.95. The van der Waals surface area contributed by atoms with Crippen molar-refractivity contribution in [2.24, 2.45) is 11.7 Å². The van der Waals surface area contributed by atoms with E-state index in [9.17, 15) is 0 Å². The van der Waals surface area contributed by atoms with Crippen LogP contribution in [0.4, 0.5) is 6.01 Å². The van der Waals surface area contributed by atoms with Gasteiger partial charge in [-0.3, -0.25) is 0 Å². The molecule has 2 atom stereocenters. The van der Waals surface area contributed by atoms with E-state index in [-0.39, 0.29) is 0 Å². The van der Waals surface area contributed by atoms with Crippen molar-refractivity contribution < 1.29 is 4.52 Å². The highest BCUT2D eigenvalue weighted by atomic mass is 16.5. The fraction of sp³-hybridized carbons (Fsp3) is 0.778. The van der Waals surface area contributed by atoms with Crippen LogP contribution in [0.3, 0.4) is 0 Å². The van der Waals surface area contributed by atoms with E-state index in [0.29, 0.717) is 23.8 Å². The van der Waals surface area contributed by atoms with Crippen LogP contribution in [0.25, 0.3) is 0 Å². The van der Waals surface area contributed by atoms with Gasteiger partial charge in [-0.25, -0.2) is 0 Å². The molecule has 0 saturated carbocycles. The first kappa shape index (κ1) is 9.45. The Balaban J connectivity index is 2.06. The van der Waals surface area contributed by atoms with Gasteiger partial charge in [0.15, 0.2) is 5.82 Å². The molecule has 0 aliphatic carbocycles. The molecular weight excluding hydrogens is 180 g/mol. The molecule has 1 saturated heterocycles. The van der Waals surface area contributed by atoms with Crippen molar-refractivity contribution in [3.63, 3.8) is 0 Å². The number of aromatic nitrogens is 2. The van der Waals surface area contributed by atoms with Crippen LogP contribution < -0.4 is 10.6 Å². The van der Waals surface area contributed by atoms with Crippen LogP contribution in [-0.2, 0) is 0 Å². The molecule has 1 aromatic heterocycles. The van der Waals surface area contributed by atoms with Gasteiger partial charge in [0.1, 0.15) is 0 Å². The Bertz CT molecular complexity index is 312. The van der Waals surface area contributed by atoms with Gasteiger partial charge in [-0.2, -0.15) is 4.98 Å². The largest absolute Gasteiger partial charge is 0.327 e. The monoisotopic (exact) mass is 196 g/mol. The molecule has 1 aliphatic heterocycles. The van der Waals surface area contributed by atoms with Crippen LogP contribution in [-0.4, -0.2) is 29.3 Å². The van der Waals surface area contributed by atoms with Gasteiger partial charge in [-0.15, -0.1) is 0 Å². The maximum Gasteiger partial charge on any atom is 0.324 e. The van der Waals surface area contributed by atoms with Crippen molar-refractivity contribution in [1.29, 1.82) is 0 Å². The van der Waals surface area contributed by atoms with Gasteiger partial charge in [0.25, 0.3) is 0 Å².